The van der Waals surface area contributed by atoms with Crippen LogP contribution in [0, 0.1) is 9.49 Å². The summed E-state index contributed by atoms with van der Waals surface area (Å²) in [5, 5.41) is 3.15. The lowest BCUT2D eigenvalue weighted by molar-refractivity contribution is 0.100. The van der Waals surface area contributed by atoms with E-state index in [1.54, 1.807) is 30.3 Å². The number of sulfonamides is 1. The van der Waals surface area contributed by atoms with Crippen LogP contribution in [0.5, 0.6) is 5.75 Å². The van der Waals surface area contributed by atoms with Gasteiger partial charge in [-0.05, 0) is 89.9 Å². The molecular weight excluding hydrogens is 541 g/mol. The SMILES string of the molecule is NC(=O)c1ccc(S(=O)(=O)Nc2ccccc2)c(OCC2CC2)c1Nc1ccc(I)cc1. The molecule has 0 bridgehead atoms. The Balaban J connectivity index is 1.81. The number of carbonyl (C=O) groups is 1. The summed E-state index contributed by atoms with van der Waals surface area (Å²) in [6.07, 6.45) is 2.06. The summed E-state index contributed by atoms with van der Waals surface area (Å²) in [4.78, 5) is 12.1. The number of nitrogens with one attached hydrogen (secondary N) is 2. The van der Waals surface area contributed by atoms with Gasteiger partial charge in [-0.2, -0.15) is 0 Å². The van der Waals surface area contributed by atoms with Crippen molar-refractivity contribution in [3.8, 4) is 5.75 Å². The smallest absolute Gasteiger partial charge is 0.265 e. The second kappa shape index (κ2) is 9.37. The van der Waals surface area contributed by atoms with E-state index in [0.29, 0.717) is 23.9 Å². The van der Waals surface area contributed by atoms with Gasteiger partial charge in [0.2, 0.25) is 0 Å². The number of carbonyl (C=O) groups excluding carboxylic acids is 1. The van der Waals surface area contributed by atoms with Crippen LogP contribution in [-0.4, -0.2) is 20.9 Å². The van der Waals surface area contributed by atoms with Gasteiger partial charge in [0.15, 0.2) is 5.75 Å². The van der Waals surface area contributed by atoms with E-state index in [0.717, 1.165) is 16.4 Å². The van der Waals surface area contributed by atoms with Crippen LogP contribution in [0.4, 0.5) is 17.1 Å². The van der Waals surface area contributed by atoms with Crippen molar-refractivity contribution in [3.05, 3.63) is 75.9 Å². The molecule has 0 radical (unpaired) electrons. The number of hydrogen-bond donors (Lipinski definition) is 3. The van der Waals surface area contributed by atoms with E-state index in [-0.39, 0.29) is 21.9 Å². The maximum Gasteiger partial charge on any atom is 0.265 e. The maximum atomic E-state index is 13.3. The average molecular weight is 563 g/mol. The highest BCUT2D eigenvalue weighted by atomic mass is 127. The lowest BCUT2D eigenvalue weighted by atomic mass is 10.1. The van der Waals surface area contributed by atoms with E-state index < -0.39 is 15.9 Å². The molecule has 0 aromatic heterocycles. The average Bonchev–Trinajstić information content (AvgIpc) is 3.59. The third-order valence-electron chi connectivity index (χ3n) is 4.98. The van der Waals surface area contributed by atoms with Crippen molar-refractivity contribution in [1.82, 2.24) is 0 Å². The number of primary amides is 1. The Kier molecular flexibility index (Phi) is 6.56. The molecule has 0 saturated heterocycles. The molecular formula is C23H22IN3O4S. The van der Waals surface area contributed by atoms with Crippen LogP contribution in [0.15, 0.2) is 71.6 Å². The highest BCUT2D eigenvalue weighted by Crippen LogP contribution is 2.40. The summed E-state index contributed by atoms with van der Waals surface area (Å²) in [6.45, 7) is 0.359. The number of amides is 1. The number of para-hydroxylation sites is 1. The first-order valence-electron chi connectivity index (χ1n) is 10.0. The Hall–Kier alpha value is -2.79. The van der Waals surface area contributed by atoms with E-state index in [9.17, 15) is 13.2 Å². The Labute approximate surface area is 200 Å². The van der Waals surface area contributed by atoms with Gasteiger partial charge in [0.1, 0.15) is 4.90 Å². The van der Waals surface area contributed by atoms with Gasteiger partial charge in [-0.25, -0.2) is 8.42 Å². The highest BCUT2D eigenvalue weighted by Gasteiger charge is 2.29. The second-order valence-electron chi connectivity index (χ2n) is 7.54. The highest BCUT2D eigenvalue weighted by molar-refractivity contribution is 14.1. The third-order valence-corrected chi connectivity index (χ3v) is 7.10. The summed E-state index contributed by atoms with van der Waals surface area (Å²) < 4.78 is 36.2. The molecule has 166 valence electrons. The van der Waals surface area contributed by atoms with E-state index in [4.69, 9.17) is 10.5 Å². The number of hydrogen-bond acceptors (Lipinski definition) is 5. The van der Waals surface area contributed by atoms with Crippen molar-refractivity contribution in [2.45, 2.75) is 17.7 Å². The molecule has 1 aliphatic carbocycles. The normalized spacial score (nSPS) is 13.4. The molecule has 9 heteroatoms. The molecule has 0 unspecified atom stereocenters. The van der Waals surface area contributed by atoms with E-state index in [1.165, 1.54) is 12.1 Å². The van der Waals surface area contributed by atoms with Gasteiger partial charge in [-0.1, -0.05) is 18.2 Å². The number of benzene rings is 3. The minimum absolute atomic E-state index is 0.0694. The largest absolute Gasteiger partial charge is 0.490 e. The molecule has 1 saturated carbocycles. The molecule has 3 aromatic rings. The molecule has 3 aromatic carbocycles. The fourth-order valence-electron chi connectivity index (χ4n) is 3.13. The summed E-state index contributed by atoms with van der Waals surface area (Å²) in [7, 11) is -4.00. The number of anilines is 3. The fourth-order valence-corrected chi connectivity index (χ4v) is 4.70. The van der Waals surface area contributed by atoms with Gasteiger partial charge < -0.3 is 15.8 Å². The van der Waals surface area contributed by atoms with Crippen molar-refractivity contribution < 1.29 is 17.9 Å². The Morgan fingerprint density at radius 2 is 1.69 bits per heavy atom. The first-order valence-corrected chi connectivity index (χ1v) is 12.6. The number of nitrogens with two attached hydrogens (primary N) is 1. The van der Waals surface area contributed by atoms with Gasteiger partial charge in [0.05, 0.1) is 17.9 Å². The summed E-state index contributed by atoms with van der Waals surface area (Å²) in [5.74, 6) is -0.236. The lowest BCUT2D eigenvalue weighted by Gasteiger charge is -2.20. The molecule has 1 aliphatic rings. The van der Waals surface area contributed by atoms with Gasteiger partial charge in [0.25, 0.3) is 15.9 Å². The molecule has 0 aliphatic heterocycles. The van der Waals surface area contributed by atoms with Crippen molar-refractivity contribution >= 4 is 55.6 Å². The molecule has 4 rings (SSSR count). The number of ether oxygens (including phenoxy) is 1. The van der Waals surface area contributed by atoms with Crippen molar-refractivity contribution in [1.29, 1.82) is 0 Å². The Morgan fingerprint density at radius 3 is 2.31 bits per heavy atom. The van der Waals surface area contributed by atoms with Crippen LogP contribution in [-0.2, 0) is 10.0 Å². The minimum atomic E-state index is -4.00. The van der Waals surface area contributed by atoms with Gasteiger partial charge in [-0.15, -0.1) is 0 Å². The van der Waals surface area contributed by atoms with Crippen LogP contribution in [0.3, 0.4) is 0 Å². The second-order valence-corrected chi connectivity index (χ2v) is 10.4. The topological polar surface area (TPSA) is 111 Å². The summed E-state index contributed by atoms with van der Waals surface area (Å²) in [5.41, 5.74) is 7.09. The third kappa shape index (κ3) is 5.33. The molecule has 4 N–H and O–H groups in total. The zero-order valence-corrected chi connectivity index (χ0v) is 20.0. The van der Waals surface area contributed by atoms with Gasteiger partial charge in [-0.3, -0.25) is 9.52 Å². The first kappa shape index (κ1) is 22.4. The predicted molar refractivity (Wildman–Crippen MR) is 133 cm³/mol. The maximum absolute atomic E-state index is 13.3. The molecule has 0 heterocycles. The number of rotatable bonds is 9. The first-order chi connectivity index (χ1) is 15.3. The van der Waals surface area contributed by atoms with Crippen LogP contribution in [0.2, 0.25) is 0 Å². The molecule has 32 heavy (non-hydrogen) atoms. The van der Waals surface area contributed by atoms with E-state index in [2.05, 4.69) is 32.6 Å². The Morgan fingerprint density at radius 1 is 1.00 bits per heavy atom. The number of halogens is 1. The monoisotopic (exact) mass is 563 g/mol. The van der Waals surface area contributed by atoms with Gasteiger partial charge in [0, 0.05) is 14.9 Å². The molecule has 7 nitrogen and oxygen atoms in total. The van der Waals surface area contributed by atoms with Crippen LogP contribution in [0.25, 0.3) is 0 Å². The van der Waals surface area contributed by atoms with E-state index >= 15 is 0 Å². The summed E-state index contributed by atoms with van der Waals surface area (Å²) in [6, 6.07) is 18.8. The zero-order valence-electron chi connectivity index (χ0n) is 17.0. The quantitative estimate of drug-likeness (QED) is 0.327. The van der Waals surface area contributed by atoms with Crippen LogP contribution >= 0.6 is 22.6 Å². The zero-order chi connectivity index (χ0) is 22.7. The van der Waals surface area contributed by atoms with Crippen molar-refractivity contribution in [2.24, 2.45) is 11.7 Å². The predicted octanol–water partition coefficient (Wildman–Crippen LogP) is 4.72. The van der Waals surface area contributed by atoms with Crippen molar-refractivity contribution in [3.63, 3.8) is 0 Å². The lowest BCUT2D eigenvalue weighted by Crippen LogP contribution is -2.19. The molecule has 0 spiro atoms. The van der Waals surface area contributed by atoms with Crippen LogP contribution in [0.1, 0.15) is 23.2 Å². The van der Waals surface area contributed by atoms with Crippen molar-refractivity contribution in [2.75, 3.05) is 16.6 Å². The van der Waals surface area contributed by atoms with Crippen LogP contribution < -0.4 is 20.5 Å². The molecule has 1 fully saturated rings. The summed E-state index contributed by atoms with van der Waals surface area (Å²) >= 11 is 2.19. The minimum Gasteiger partial charge on any atom is -0.490 e. The standard InChI is InChI=1S/C23H22IN3O4S/c24-16-8-10-17(11-9-16)26-21-19(23(25)28)12-13-20(22(21)31-14-15-6-7-15)32(29,30)27-18-4-2-1-3-5-18/h1-5,8-13,15,26-27H,6-7,14H2,(H2,25,28). The van der Waals surface area contributed by atoms with E-state index in [1.807, 2.05) is 24.3 Å². The Bertz CT molecular complexity index is 1230. The fraction of sp³-hybridized carbons (Fsp3) is 0.174. The molecule has 0 atom stereocenters. The van der Waals surface area contributed by atoms with Gasteiger partial charge >= 0.3 is 0 Å². The molecule has 1 amide bonds.